The number of benzene rings is 1. The summed E-state index contributed by atoms with van der Waals surface area (Å²) < 4.78 is 1.94. The minimum atomic E-state index is 0.576. The highest BCUT2D eigenvalue weighted by atomic mass is 15.5. The molecule has 5 heteroatoms. The fourth-order valence-corrected chi connectivity index (χ4v) is 2.94. The fourth-order valence-electron chi connectivity index (χ4n) is 2.94. The third kappa shape index (κ3) is 3.71. The summed E-state index contributed by atoms with van der Waals surface area (Å²) in [5.74, 6) is 1.81. The molecule has 0 N–H and O–H groups in total. The van der Waals surface area contributed by atoms with Crippen molar-refractivity contribution >= 4 is 0 Å². The van der Waals surface area contributed by atoms with Crippen molar-refractivity contribution < 1.29 is 0 Å². The summed E-state index contributed by atoms with van der Waals surface area (Å²) in [6.07, 6.45) is 3.76. The number of hydrogen-bond donors (Lipinski definition) is 0. The minimum absolute atomic E-state index is 0.576. The van der Waals surface area contributed by atoms with E-state index >= 15 is 0 Å². The third-order valence-electron chi connectivity index (χ3n) is 4.49. The van der Waals surface area contributed by atoms with Gasteiger partial charge < -0.3 is 0 Å². The molecule has 1 aliphatic rings. The summed E-state index contributed by atoms with van der Waals surface area (Å²) in [6.45, 7) is 7.16. The summed E-state index contributed by atoms with van der Waals surface area (Å²) in [4.78, 5) is 2.52. The second kappa shape index (κ2) is 7.01. The second-order valence-electron chi connectivity index (χ2n) is 6.29. The molecule has 0 bridgehead atoms. The molecule has 1 fully saturated rings. The Kier molecular flexibility index (Phi) is 4.83. The van der Waals surface area contributed by atoms with E-state index in [1.54, 1.807) is 0 Å². The van der Waals surface area contributed by atoms with Gasteiger partial charge in [-0.25, -0.2) is 4.68 Å². The van der Waals surface area contributed by atoms with Gasteiger partial charge in [-0.2, -0.15) is 0 Å². The van der Waals surface area contributed by atoms with Gasteiger partial charge in [-0.1, -0.05) is 37.3 Å². The predicted molar refractivity (Wildman–Crippen MR) is 86.0 cm³/mol. The highest BCUT2D eigenvalue weighted by molar-refractivity contribution is 5.14. The number of nitrogens with zero attached hydrogens (tertiary/aromatic N) is 5. The smallest absolute Gasteiger partial charge is 0.165 e. The first-order valence-electron chi connectivity index (χ1n) is 8.31. The van der Waals surface area contributed by atoms with Crippen molar-refractivity contribution in [2.24, 2.45) is 5.92 Å². The van der Waals surface area contributed by atoms with Gasteiger partial charge in [-0.3, -0.25) is 4.90 Å². The Labute approximate surface area is 132 Å². The number of aromatic nitrogens is 4. The van der Waals surface area contributed by atoms with E-state index in [4.69, 9.17) is 0 Å². The normalized spacial score (nSPS) is 16.1. The summed E-state index contributed by atoms with van der Waals surface area (Å²) in [6, 6.07) is 11.3. The van der Waals surface area contributed by atoms with Gasteiger partial charge in [0.15, 0.2) is 5.82 Å². The highest BCUT2D eigenvalue weighted by Gasteiger charge is 2.32. The number of hydrogen-bond acceptors (Lipinski definition) is 4. The molecule has 0 aliphatic heterocycles. The molecular weight excluding hydrogens is 274 g/mol. The van der Waals surface area contributed by atoms with Crippen molar-refractivity contribution in [2.75, 3.05) is 0 Å². The summed E-state index contributed by atoms with van der Waals surface area (Å²) >= 11 is 0. The monoisotopic (exact) mass is 299 g/mol. The van der Waals surface area contributed by atoms with Crippen molar-refractivity contribution in [3.8, 4) is 0 Å². The molecule has 1 aromatic heterocycles. The summed E-state index contributed by atoms with van der Waals surface area (Å²) in [7, 11) is 0. The van der Waals surface area contributed by atoms with E-state index in [1.807, 2.05) is 4.68 Å². The van der Waals surface area contributed by atoms with Gasteiger partial charge in [-0.15, -0.1) is 5.10 Å². The quantitative estimate of drug-likeness (QED) is 0.752. The SMILES string of the molecule is CCCn1nnnc1CN(Cc1ccccc1)C(C)C1CC1. The van der Waals surface area contributed by atoms with E-state index in [0.717, 1.165) is 37.8 Å². The van der Waals surface area contributed by atoms with Crippen LogP contribution < -0.4 is 0 Å². The van der Waals surface area contributed by atoms with E-state index in [2.05, 4.69) is 64.6 Å². The topological polar surface area (TPSA) is 46.8 Å². The molecule has 1 unspecified atom stereocenters. The average molecular weight is 299 g/mol. The lowest BCUT2D eigenvalue weighted by atomic mass is 10.1. The largest absolute Gasteiger partial charge is 0.289 e. The van der Waals surface area contributed by atoms with Crippen LogP contribution in [0.25, 0.3) is 0 Å². The molecule has 2 aromatic rings. The lowest BCUT2D eigenvalue weighted by Gasteiger charge is -2.28. The highest BCUT2D eigenvalue weighted by Crippen LogP contribution is 2.36. The molecule has 1 aliphatic carbocycles. The average Bonchev–Trinajstić information content (AvgIpc) is 3.30. The molecule has 0 saturated heterocycles. The lowest BCUT2D eigenvalue weighted by molar-refractivity contribution is 0.164. The van der Waals surface area contributed by atoms with E-state index in [-0.39, 0.29) is 0 Å². The fraction of sp³-hybridized carbons (Fsp3) is 0.588. The first kappa shape index (κ1) is 15.2. The van der Waals surface area contributed by atoms with Crippen molar-refractivity contribution in [2.45, 2.75) is 58.8 Å². The van der Waals surface area contributed by atoms with Crippen LogP contribution in [0.1, 0.15) is 44.5 Å². The molecule has 22 heavy (non-hydrogen) atoms. The van der Waals surface area contributed by atoms with Gasteiger partial charge >= 0.3 is 0 Å². The van der Waals surface area contributed by atoms with E-state index < -0.39 is 0 Å². The van der Waals surface area contributed by atoms with Crippen LogP contribution in [0.2, 0.25) is 0 Å². The maximum atomic E-state index is 4.24. The molecule has 3 rings (SSSR count). The first-order chi connectivity index (χ1) is 10.8. The second-order valence-corrected chi connectivity index (χ2v) is 6.29. The van der Waals surface area contributed by atoms with E-state index in [1.165, 1.54) is 18.4 Å². The maximum absolute atomic E-state index is 4.24. The zero-order chi connectivity index (χ0) is 15.4. The Balaban J connectivity index is 1.74. The van der Waals surface area contributed by atoms with E-state index in [0.29, 0.717) is 6.04 Å². The number of rotatable bonds is 8. The standard InChI is InChI=1S/C17H25N5/c1-3-11-22-17(18-19-20-22)13-21(14(2)16-9-10-16)12-15-7-5-4-6-8-15/h4-8,14,16H,3,9-13H2,1-2H3. The molecule has 1 atom stereocenters. The van der Waals surface area contributed by atoms with Gasteiger partial charge in [0.05, 0.1) is 6.54 Å². The molecule has 0 amide bonds. The molecule has 5 nitrogen and oxygen atoms in total. The van der Waals surface area contributed by atoms with Crippen LogP contribution in [-0.2, 0) is 19.6 Å². The molecule has 0 radical (unpaired) electrons. The molecule has 1 aromatic carbocycles. The van der Waals surface area contributed by atoms with Crippen LogP contribution in [0.15, 0.2) is 30.3 Å². The zero-order valence-electron chi connectivity index (χ0n) is 13.5. The van der Waals surface area contributed by atoms with Gasteiger partial charge in [0.2, 0.25) is 0 Å². The lowest BCUT2D eigenvalue weighted by Crippen LogP contribution is -2.34. The van der Waals surface area contributed by atoms with Crippen molar-refractivity contribution in [3.63, 3.8) is 0 Å². The first-order valence-corrected chi connectivity index (χ1v) is 8.31. The predicted octanol–water partition coefficient (Wildman–Crippen LogP) is 2.88. The van der Waals surface area contributed by atoms with Gasteiger partial charge in [0, 0.05) is 19.1 Å². The van der Waals surface area contributed by atoms with Gasteiger partial charge in [-0.05, 0) is 48.1 Å². The van der Waals surface area contributed by atoms with Crippen molar-refractivity contribution in [3.05, 3.63) is 41.7 Å². The zero-order valence-corrected chi connectivity index (χ0v) is 13.5. The van der Waals surface area contributed by atoms with Crippen LogP contribution in [0, 0.1) is 5.92 Å². The Bertz CT molecular complexity index is 576. The van der Waals surface area contributed by atoms with Crippen LogP contribution in [0.3, 0.4) is 0 Å². The maximum Gasteiger partial charge on any atom is 0.165 e. The van der Waals surface area contributed by atoms with Crippen molar-refractivity contribution in [1.82, 2.24) is 25.1 Å². The Morgan fingerprint density at radius 1 is 1.23 bits per heavy atom. The van der Waals surface area contributed by atoms with Crippen LogP contribution in [-0.4, -0.2) is 31.1 Å². The molecule has 0 spiro atoms. The molecule has 1 heterocycles. The van der Waals surface area contributed by atoms with Crippen molar-refractivity contribution in [1.29, 1.82) is 0 Å². The minimum Gasteiger partial charge on any atom is -0.289 e. The third-order valence-corrected chi connectivity index (χ3v) is 4.49. The number of aryl methyl sites for hydroxylation is 1. The molecule has 118 valence electrons. The molecular formula is C17H25N5. The van der Waals surface area contributed by atoms with Gasteiger partial charge in [0.25, 0.3) is 0 Å². The summed E-state index contributed by atoms with van der Waals surface area (Å²) in [5.41, 5.74) is 1.35. The van der Waals surface area contributed by atoms with E-state index in [9.17, 15) is 0 Å². The molecule has 1 saturated carbocycles. The summed E-state index contributed by atoms with van der Waals surface area (Å²) in [5, 5.41) is 12.2. The van der Waals surface area contributed by atoms with Crippen LogP contribution in [0.5, 0.6) is 0 Å². The van der Waals surface area contributed by atoms with Crippen LogP contribution >= 0.6 is 0 Å². The Morgan fingerprint density at radius 3 is 2.68 bits per heavy atom. The Hall–Kier alpha value is -1.75. The number of tetrazole rings is 1. The van der Waals surface area contributed by atoms with Gasteiger partial charge in [0.1, 0.15) is 0 Å². The van der Waals surface area contributed by atoms with Crippen LogP contribution in [0.4, 0.5) is 0 Å². The Morgan fingerprint density at radius 2 is 2.00 bits per heavy atom.